The highest BCUT2D eigenvalue weighted by Crippen LogP contribution is 2.21. The van der Waals surface area contributed by atoms with Crippen molar-refractivity contribution in [2.45, 2.75) is 19.8 Å². The summed E-state index contributed by atoms with van der Waals surface area (Å²) < 4.78 is 7.48. The lowest BCUT2D eigenvalue weighted by atomic mass is 10.1. The van der Waals surface area contributed by atoms with Crippen LogP contribution in [-0.2, 0) is 11.8 Å². The molecule has 6 heteroatoms. The number of ether oxygens (including phenoxy) is 1. The number of hydrogen-bond donors (Lipinski definition) is 1. The second-order valence-electron chi connectivity index (χ2n) is 6.15. The molecule has 134 valence electrons. The Morgan fingerprint density at radius 2 is 2.00 bits per heavy atom. The Kier molecular flexibility index (Phi) is 5.63. The van der Waals surface area contributed by atoms with E-state index in [0.29, 0.717) is 25.3 Å². The van der Waals surface area contributed by atoms with E-state index in [-0.39, 0.29) is 5.91 Å². The molecule has 0 aliphatic rings. The van der Waals surface area contributed by atoms with Gasteiger partial charge in [0.1, 0.15) is 11.6 Å². The molecular formula is C20H22N4O2. The lowest BCUT2D eigenvalue weighted by molar-refractivity contribution is -0.116. The third-order valence-electron chi connectivity index (χ3n) is 3.89. The molecular weight excluding hydrogens is 328 g/mol. The average Bonchev–Trinajstić information content (AvgIpc) is 3.06. The van der Waals surface area contributed by atoms with Crippen LogP contribution in [0.3, 0.4) is 0 Å². The summed E-state index contributed by atoms with van der Waals surface area (Å²) in [5.41, 5.74) is 3.23. The van der Waals surface area contributed by atoms with Crippen molar-refractivity contribution in [3.63, 3.8) is 0 Å². The van der Waals surface area contributed by atoms with Crippen LogP contribution in [-0.4, -0.2) is 27.3 Å². The van der Waals surface area contributed by atoms with E-state index in [1.165, 1.54) is 0 Å². The highest BCUT2D eigenvalue weighted by molar-refractivity contribution is 5.89. The van der Waals surface area contributed by atoms with Gasteiger partial charge in [-0.1, -0.05) is 12.1 Å². The number of anilines is 1. The van der Waals surface area contributed by atoms with Gasteiger partial charge in [0, 0.05) is 31.4 Å². The molecule has 0 saturated heterocycles. The van der Waals surface area contributed by atoms with Crippen molar-refractivity contribution in [2.75, 3.05) is 11.9 Å². The number of hydrogen-bond acceptors (Lipinski definition) is 4. The molecule has 0 aliphatic carbocycles. The minimum atomic E-state index is -0.0568. The lowest BCUT2D eigenvalue weighted by Gasteiger charge is -2.07. The van der Waals surface area contributed by atoms with E-state index in [0.717, 1.165) is 22.4 Å². The van der Waals surface area contributed by atoms with Gasteiger partial charge in [0.05, 0.1) is 12.8 Å². The molecule has 2 aromatic heterocycles. The van der Waals surface area contributed by atoms with Gasteiger partial charge in [-0.15, -0.1) is 0 Å². The Balaban J connectivity index is 1.41. The van der Waals surface area contributed by atoms with Gasteiger partial charge in [-0.2, -0.15) is 5.10 Å². The van der Waals surface area contributed by atoms with Gasteiger partial charge < -0.3 is 10.1 Å². The van der Waals surface area contributed by atoms with Crippen molar-refractivity contribution < 1.29 is 9.53 Å². The summed E-state index contributed by atoms with van der Waals surface area (Å²) in [6.45, 7) is 2.45. The SMILES string of the molecule is Cc1ccnc(NC(=O)CCCOc2ccc(-c3cnn(C)c3)cc2)c1. The zero-order valence-corrected chi connectivity index (χ0v) is 15.0. The molecule has 3 rings (SSSR count). The third kappa shape index (κ3) is 4.92. The van der Waals surface area contributed by atoms with Crippen LogP contribution < -0.4 is 10.1 Å². The molecule has 1 amide bonds. The maximum Gasteiger partial charge on any atom is 0.225 e. The van der Waals surface area contributed by atoms with Gasteiger partial charge >= 0.3 is 0 Å². The summed E-state index contributed by atoms with van der Waals surface area (Å²) in [6.07, 6.45) is 6.52. The van der Waals surface area contributed by atoms with E-state index in [4.69, 9.17) is 4.74 Å². The fourth-order valence-corrected chi connectivity index (χ4v) is 2.55. The van der Waals surface area contributed by atoms with Crippen LogP contribution >= 0.6 is 0 Å². The van der Waals surface area contributed by atoms with Gasteiger partial charge in [0.2, 0.25) is 5.91 Å². The predicted molar refractivity (Wildman–Crippen MR) is 101 cm³/mol. The zero-order chi connectivity index (χ0) is 18.4. The number of carbonyl (C=O) groups is 1. The molecule has 0 bridgehead atoms. The van der Waals surface area contributed by atoms with E-state index in [9.17, 15) is 4.79 Å². The quantitative estimate of drug-likeness (QED) is 0.661. The summed E-state index contributed by atoms with van der Waals surface area (Å²) in [7, 11) is 1.89. The summed E-state index contributed by atoms with van der Waals surface area (Å²) in [6, 6.07) is 11.6. The summed E-state index contributed by atoms with van der Waals surface area (Å²) in [4.78, 5) is 16.0. The van der Waals surface area contributed by atoms with Crippen LogP contribution in [0.25, 0.3) is 11.1 Å². The zero-order valence-electron chi connectivity index (χ0n) is 15.0. The van der Waals surface area contributed by atoms with Crippen molar-refractivity contribution in [2.24, 2.45) is 7.05 Å². The fraction of sp³-hybridized carbons (Fsp3) is 0.250. The number of aryl methyl sites for hydroxylation is 2. The van der Waals surface area contributed by atoms with Gasteiger partial charge in [-0.3, -0.25) is 9.48 Å². The Morgan fingerprint density at radius 3 is 2.69 bits per heavy atom. The maximum absolute atomic E-state index is 11.9. The number of amides is 1. The standard InChI is InChI=1S/C20H22N4O2/c1-15-9-10-21-19(12-15)23-20(25)4-3-11-26-18-7-5-16(6-8-18)17-13-22-24(2)14-17/h5-10,12-14H,3-4,11H2,1-2H3,(H,21,23,25). The fourth-order valence-electron chi connectivity index (χ4n) is 2.55. The first-order valence-electron chi connectivity index (χ1n) is 8.54. The Labute approximate surface area is 152 Å². The number of rotatable bonds is 7. The first-order valence-corrected chi connectivity index (χ1v) is 8.54. The molecule has 2 heterocycles. The molecule has 0 spiro atoms. The summed E-state index contributed by atoms with van der Waals surface area (Å²) in [5, 5.41) is 6.97. The second-order valence-corrected chi connectivity index (χ2v) is 6.15. The minimum absolute atomic E-state index is 0.0568. The van der Waals surface area contributed by atoms with E-state index < -0.39 is 0 Å². The van der Waals surface area contributed by atoms with Crippen LogP contribution in [0.15, 0.2) is 55.0 Å². The highest BCUT2D eigenvalue weighted by atomic mass is 16.5. The highest BCUT2D eigenvalue weighted by Gasteiger charge is 2.04. The topological polar surface area (TPSA) is 69.0 Å². The molecule has 0 aliphatic heterocycles. The van der Waals surface area contributed by atoms with Crippen LogP contribution in [0.5, 0.6) is 5.75 Å². The largest absolute Gasteiger partial charge is 0.494 e. The number of carbonyl (C=O) groups excluding carboxylic acids is 1. The van der Waals surface area contributed by atoms with Crippen LogP contribution in [0.1, 0.15) is 18.4 Å². The van der Waals surface area contributed by atoms with E-state index in [2.05, 4.69) is 15.4 Å². The Morgan fingerprint density at radius 1 is 1.19 bits per heavy atom. The molecule has 6 nitrogen and oxygen atoms in total. The van der Waals surface area contributed by atoms with Crippen LogP contribution in [0.2, 0.25) is 0 Å². The van der Waals surface area contributed by atoms with Crippen LogP contribution in [0, 0.1) is 6.92 Å². The molecule has 0 saturated carbocycles. The van der Waals surface area contributed by atoms with Crippen molar-refractivity contribution in [1.29, 1.82) is 0 Å². The molecule has 0 atom stereocenters. The molecule has 1 N–H and O–H groups in total. The Bertz CT molecular complexity index is 872. The van der Waals surface area contributed by atoms with E-state index >= 15 is 0 Å². The minimum Gasteiger partial charge on any atom is -0.494 e. The molecule has 3 aromatic rings. The predicted octanol–water partition coefficient (Wildman–Crippen LogP) is 3.59. The number of aromatic nitrogens is 3. The maximum atomic E-state index is 11.9. The first kappa shape index (κ1) is 17.7. The lowest BCUT2D eigenvalue weighted by Crippen LogP contribution is -2.13. The van der Waals surface area contributed by atoms with Crippen molar-refractivity contribution in [1.82, 2.24) is 14.8 Å². The van der Waals surface area contributed by atoms with E-state index in [1.54, 1.807) is 10.9 Å². The summed E-state index contributed by atoms with van der Waals surface area (Å²) in [5.74, 6) is 1.32. The van der Waals surface area contributed by atoms with Crippen molar-refractivity contribution in [3.05, 3.63) is 60.6 Å². The normalized spacial score (nSPS) is 10.5. The second kappa shape index (κ2) is 8.29. The molecule has 0 radical (unpaired) electrons. The number of pyridine rings is 1. The number of nitrogens with one attached hydrogen (secondary N) is 1. The van der Waals surface area contributed by atoms with Gasteiger partial charge in [0.15, 0.2) is 0 Å². The third-order valence-corrected chi connectivity index (χ3v) is 3.89. The molecule has 0 unspecified atom stereocenters. The number of benzene rings is 1. The van der Waals surface area contributed by atoms with Crippen LogP contribution in [0.4, 0.5) is 5.82 Å². The average molecular weight is 350 g/mol. The van der Waals surface area contributed by atoms with Gasteiger partial charge in [-0.05, 0) is 48.7 Å². The molecule has 26 heavy (non-hydrogen) atoms. The van der Waals surface area contributed by atoms with Crippen molar-refractivity contribution >= 4 is 11.7 Å². The van der Waals surface area contributed by atoms with Crippen molar-refractivity contribution in [3.8, 4) is 16.9 Å². The number of nitrogens with zero attached hydrogens (tertiary/aromatic N) is 3. The Hall–Kier alpha value is -3.15. The van der Waals surface area contributed by atoms with E-state index in [1.807, 2.05) is 62.8 Å². The molecule has 0 fully saturated rings. The first-order chi connectivity index (χ1) is 12.6. The van der Waals surface area contributed by atoms with Gasteiger partial charge in [0.25, 0.3) is 0 Å². The monoisotopic (exact) mass is 350 g/mol. The summed E-state index contributed by atoms with van der Waals surface area (Å²) >= 11 is 0. The molecule has 1 aromatic carbocycles. The van der Waals surface area contributed by atoms with Gasteiger partial charge in [-0.25, -0.2) is 4.98 Å². The smallest absolute Gasteiger partial charge is 0.225 e.